The quantitative estimate of drug-likeness (QED) is 0.493. The highest BCUT2D eigenvalue weighted by Crippen LogP contribution is 2.20. The van der Waals surface area contributed by atoms with Crippen LogP contribution in [-0.4, -0.2) is 35.5 Å². The molecule has 0 atom stereocenters. The van der Waals surface area contributed by atoms with Crippen LogP contribution in [-0.2, 0) is 13.0 Å². The SMILES string of the molecule is O=C(c1ccc2nsnc2c1)N1CCc2nc3ccc(Cl)cn3c(=O)c2C1. The minimum absolute atomic E-state index is 0.133. The fourth-order valence-electron chi connectivity index (χ4n) is 3.34. The number of hydrogen-bond acceptors (Lipinski definition) is 6. The second-order valence-corrected chi connectivity index (χ2v) is 7.33. The first-order chi connectivity index (χ1) is 13.1. The van der Waals surface area contributed by atoms with Crippen LogP contribution in [0.25, 0.3) is 16.7 Å². The van der Waals surface area contributed by atoms with Gasteiger partial charge < -0.3 is 4.90 Å². The van der Waals surface area contributed by atoms with Gasteiger partial charge in [0, 0.05) is 24.7 Å². The molecule has 3 aromatic heterocycles. The van der Waals surface area contributed by atoms with Crippen molar-refractivity contribution in [3.05, 3.63) is 68.7 Å². The van der Waals surface area contributed by atoms with E-state index < -0.39 is 0 Å². The molecule has 4 aromatic rings. The Balaban J connectivity index is 1.53. The van der Waals surface area contributed by atoms with Crippen molar-refractivity contribution in [3.8, 4) is 0 Å². The number of fused-ring (bicyclic) bond motifs is 3. The lowest BCUT2D eigenvalue weighted by molar-refractivity contribution is 0.0732. The molecular weight excluding hydrogens is 386 g/mol. The van der Waals surface area contributed by atoms with Gasteiger partial charge in [-0.05, 0) is 30.3 Å². The zero-order valence-electron chi connectivity index (χ0n) is 13.9. The predicted molar refractivity (Wildman–Crippen MR) is 102 cm³/mol. The molecule has 0 unspecified atom stereocenters. The van der Waals surface area contributed by atoms with Crippen LogP contribution in [0.5, 0.6) is 0 Å². The third-order valence-corrected chi connectivity index (χ3v) is 5.50. The molecule has 0 N–H and O–H groups in total. The Labute approximate surface area is 162 Å². The number of halogens is 1. The lowest BCUT2D eigenvalue weighted by Gasteiger charge is -2.28. The van der Waals surface area contributed by atoms with Crippen LogP contribution in [0, 0.1) is 0 Å². The summed E-state index contributed by atoms with van der Waals surface area (Å²) in [6, 6.07) is 8.70. The van der Waals surface area contributed by atoms with Gasteiger partial charge in [0.15, 0.2) is 0 Å². The molecule has 0 spiro atoms. The van der Waals surface area contributed by atoms with E-state index in [-0.39, 0.29) is 18.0 Å². The van der Waals surface area contributed by atoms with Crippen molar-refractivity contribution < 1.29 is 4.79 Å². The summed E-state index contributed by atoms with van der Waals surface area (Å²) < 4.78 is 9.77. The molecule has 0 bridgehead atoms. The first kappa shape index (κ1) is 16.3. The summed E-state index contributed by atoms with van der Waals surface area (Å²) in [7, 11) is 0. The Morgan fingerprint density at radius 3 is 2.89 bits per heavy atom. The highest BCUT2D eigenvalue weighted by atomic mass is 35.5. The van der Waals surface area contributed by atoms with Gasteiger partial charge in [0.1, 0.15) is 16.7 Å². The van der Waals surface area contributed by atoms with Crippen LogP contribution in [0.4, 0.5) is 0 Å². The van der Waals surface area contributed by atoms with Gasteiger partial charge in [-0.2, -0.15) is 8.75 Å². The van der Waals surface area contributed by atoms with E-state index >= 15 is 0 Å². The average Bonchev–Trinajstić information content (AvgIpc) is 3.16. The van der Waals surface area contributed by atoms with Crippen LogP contribution < -0.4 is 5.56 Å². The van der Waals surface area contributed by atoms with E-state index in [9.17, 15) is 9.59 Å². The Morgan fingerprint density at radius 1 is 1.15 bits per heavy atom. The number of rotatable bonds is 1. The van der Waals surface area contributed by atoms with Crippen molar-refractivity contribution in [2.75, 3.05) is 6.54 Å². The van der Waals surface area contributed by atoms with Gasteiger partial charge in [0.2, 0.25) is 0 Å². The van der Waals surface area contributed by atoms with Crippen LogP contribution in [0.3, 0.4) is 0 Å². The molecule has 0 fully saturated rings. The fourth-order valence-corrected chi connectivity index (χ4v) is 4.02. The van der Waals surface area contributed by atoms with Crippen molar-refractivity contribution in [1.29, 1.82) is 0 Å². The second kappa shape index (κ2) is 6.11. The summed E-state index contributed by atoms with van der Waals surface area (Å²) in [5.41, 5.74) is 3.65. The van der Waals surface area contributed by atoms with E-state index in [1.165, 1.54) is 4.40 Å². The van der Waals surface area contributed by atoms with E-state index in [0.717, 1.165) is 22.9 Å². The Bertz CT molecular complexity index is 1280. The largest absolute Gasteiger partial charge is 0.334 e. The molecule has 134 valence electrons. The summed E-state index contributed by atoms with van der Waals surface area (Å²) in [5.74, 6) is -0.133. The van der Waals surface area contributed by atoms with Crippen molar-refractivity contribution in [2.24, 2.45) is 0 Å². The highest BCUT2D eigenvalue weighted by Gasteiger charge is 2.26. The zero-order valence-corrected chi connectivity index (χ0v) is 15.5. The zero-order chi connectivity index (χ0) is 18.5. The van der Waals surface area contributed by atoms with Gasteiger partial charge in [0.25, 0.3) is 11.5 Å². The number of carbonyl (C=O) groups excluding carboxylic acids is 1. The normalized spacial score (nSPS) is 13.9. The monoisotopic (exact) mass is 397 g/mol. The summed E-state index contributed by atoms with van der Waals surface area (Å²) >= 11 is 7.12. The Kier molecular flexibility index (Phi) is 3.70. The van der Waals surface area contributed by atoms with Gasteiger partial charge in [-0.1, -0.05) is 11.6 Å². The molecular formula is C18H12ClN5O2S. The standard InChI is InChI=1S/C18H12ClN5O2S/c19-11-2-4-16-20-13-5-6-23(9-12(13)18(26)24(16)8-11)17(25)10-1-3-14-15(7-10)22-27-21-14/h1-4,7-8H,5-6,9H2. The smallest absolute Gasteiger partial charge is 0.263 e. The number of benzene rings is 1. The number of hydrogen-bond donors (Lipinski definition) is 0. The minimum Gasteiger partial charge on any atom is -0.334 e. The third-order valence-electron chi connectivity index (χ3n) is 4.72. The topological polar surface area (TPSA) is 80.5 Å². The molecule has 0 aliphatic carbocycles. The highest BCUT2D eigenvalue weighted by molar-refractivity contribution is 7.00. The summed E-state index contributed by atoms with van der Waals surface area (Å²) in [4.78, 5) is 32.1. The molecule has 27 heavy (non-hydrogen) atoms. The van der Waals surface area contributed by atoms with Crippen molar-refractivity contribution in [1.82, 2.24) is 23.0 Å². The number of pyridine rings is 1. The minimum atomic E-state index is -0.186. The predicted octanol–water partition coefficient (Wildman–Crippen LogP) is 2.55. The maximum atomic E-state index is 12.9. The van der Waals surface area contributed by atoms with Gasteiger partial charge in [-0.15, -0.1) is 0 Å². The number of aromatic nitrogens is 4. The maximum absolute atomic E-state index is 12.9. The fraction of sp³-hybridized carbons (Fsp3) is 0.167. The van der Waals surface area contributed by atoms with Gasteiger partial charge in [-0.3, -0.25) is 14.0 Å². The molecule has 0 saturated heterocycles. The first-order valence-electron chi connectivity index (χ1n) is 8.31. The third kappa shape index (κ3) is 2.68. The van der Waals surface area contributed by atoms with Crippen molar-refractivity contribution in [3.63, 3.8) is 0 Å². The second-order valence-electron chi connectivity index (χ2n) is 6.36. The molecule has 1 amide bonds. The van der Waals surface area contributed by atoms with E-state index in [1.807, 2.05) is 0 Å². The lowest BCUT2D eigenvalue weighted by atomic mass is 10.1. The Morgan fingerprint density at radius 2 is 2.00 bits per heavy atom. The van der Waals surface area contributed by atoms with Crippen molar-refractivity contribution in [2.45, 2.75) is 13.0 Å². The summed E-state index contributed by atoms with van der Waals surface area (Å²) in [6.07, 6.45) is 2.09. The van der Waals surface area contributed by atoms with Crippen molar-refractivity contribution >= 4 is 45.9 Å². The van der Waals surface area contributed by atoms with Gasteiger partial charge in [-0.25, -0.2) is 4.98 Å². The molecule has 0 radical (unpaired) electrons. The summed E-state index contributed by atoms with van der Waals surface area (Å²) in [5, 5.41) is 0.459. The molecule has 7 nitrogen and oxygen atoms in total. The van der Waals surface area contributed by atoms with Crippen LogP contribution in [0.15, 0.2) is 41.3 Å². The average molecular weight is 398 g/mol. The van der Waals surface area contributed by atoms with Crippen LogP contribution in [0.1, 0.15) is 21.6 Å². The van der Waals surface area contributed by atoms with Gasteiger partial charge in [0.05, 0.1) is 34.6 Å². The molecule has 9 heteroatoms. The van der Waals surface area contributed by atoms with E-state index in [0.29, 0.717) is 40.3 Å². The molecule has 1 aliphatic rings. The first-order valence-corrected chi connectivity index (χ1v) is 9.42. The molecule has 5 rings (SSSR count). The van der Waals surface area contributed by atoms with Crippen LogP contribution >= 0.6 is 23.3 Å². The Hall–Kier alpha value is -2.84. The van der Waals surface area contributed by atoms with E-state index in [4.69, 9.17) is 11.6 Å². The number of amides is 1. The maximum Gasteiger partial charge on any atom is 0.263 e. The number of nitrogens with zero attached hydrogens (tertiary/aromatic N) is 5. The molecule has 1 aliphatic heterocycles. The van der Waals surface area contributed by atoms with E-state index in [2.05, 4.69) is 13.7 Å². The molecule has 4 heterocycles. The lowest BCUT2D eigenvalue weighted by Crippen LogP contribution is -2.40. The van der Waals surface area contributed by atoms with E-state index in [1.54, 1.807) is 41.4 Å². The summed E-state index contributed by atoms with van der Waals surface area (Å²) in [6.45, 7) is 0.734. The van der Waals surface area contributed by atoms with Gasteiger partial charge >= 0.3 is 0 Å². The molecule has 0 saturated carbocycles. The number of carbonyl (C=O) groups is 1. The molecule has 1 aromatic carbocycles. The van der Waals surface area contributed by atoms with Crippen LogP contribution in [0.2, 0.25) is 5.02 Å².